The van der Waals surface area contributed by atoms with E-state index in [1.54, 1.807) is 23.1 Å². The summed E-state index contributed by atoms with van der Waals surface area (Å²) in [6.45, 7) is 3.14. The molecule has 0 aliphatic carbocycles. The fourth-order valence-corrected chi connectivity index (χ4v) is 3.61. The zero-order valence-corrected chi connectivity index (χ0v) is 12.8. The Bertz CT molecular complexity index is 573. The largest absolute Gasteiger partial charge is 0.338 e. The molecule has 0 spiro atoms. The molecule has 0 radical (unpaired) electrons. The van der Waals surface area contributed by atoms with Gasteiger partial charge in [-0.05, 0) is 25.1 Å². The molecule has 2 amide bonds. The number of halogens is 1. The molecule has 1 aromatic heterocycles. The van der Waals surface area contributed by atoms with Crippen molar-refractivity contribution in [1.82, 2.24) is 15.6 Å². The standard InChI is InChI=1S/C12H14ClN3OS2/c1-2-14-11(17)15-5-6-18-12-16-9-7-8(13)3-4-10(9)19-12/h3-4,7H,2,5-6H2,1H3,(H2,14,15,17). The molecule has 0 unspecified atom stereocenters. The lowest BCUT2D eigenvalue weighted by Crippen LogP contribution is -2.36. The SMILES string of the molecule is CCNC(=O)NCCSc1nc2cc(Cl)ccc2s1. The molecule has 0 aliphatic heterocycles. The van der Waals surface area contributed by atoms with E-state index in [-0.39, 0.29) is 6.03 Å². The van der Waals surface area contributed by atoms with E-state index in [4.69, 9.17) is 11.6 Å². The number of urea groups is 1. The van der Waals surface area contributed by atoms with Crippen molar-refractivity contribution in [1.29, 1.82) is 0 Å². The summed E-state index contributed by atoms with van der Waals surface area (Å²) in [4.78, 5) is 15.7. The number of nitrogens with zero attached hydrogens (tertiary/aromatic N) is 1. The van der Waals surface area contributed by atoms with E-state index < -0.39 is 0 Å². The Kier molecular flexibility index (Phi) is 5.30. The minimum Gasteiger partial charge on any atom is -0.338 e. The van der Waals surface area contributed by atoms with Gasteiger partial charge < -0.3 is 10.6 Å². The molecule has 7 heteroatoms. The maximum absolute atomic E-state index is 11.2. The molecule has 1 aromatic carbocycles. The number of carbonyl (C=O) groups is 1. The highest BCUT2D eigenvalue weighted by molar-refractivity contribution is 8.01. The van der Waals surface area contributed by atoms with Crippen molar-refractivity contribution in [3.8, 4) is 0 Å². The maximum atomic E-state index is 11.2. The predicted octanol–water partition coefficient (Wildman–Crippen LogP) is 3.36. The molecule has 0 bridgehead atoms. The number of aromatic nitrogens is 1. The van der Waals surface area contributed by atoms with Crippen LogP contribution in [-0.2, 0) is 0 Å². The van der Waals surface area contributed by atoms with Gasteiger partial charge in [0.15, 0.2) is 4.34 Å². The van der Waals surface area contributed by atoms with E-state index in [9.17, 15) is 4.79 Å². The zero-order valence-electron chi connectivity index (χ0n) is 10.4. The average molecular weight is 316 g/mol. The fraction of sp³-hybridized carbons (Fsp3) is 0.333. The number of benzene rings is 1. The van der Waals surface area contributed by atoms with E-state index >= 15 is 0 Å². The van der Waals surface area contributed by atoms with E-state index in [0.717, 1.165) is 20.3 Å². The van der Waals surface area contributed by atoms with Crippen LogP contribution in [0.25, 0.3) is 10.2 Å². The lowest BCUT2D eigenvalue weighted by atomic mass is 10.3. The van der Waals surface area contributed by atoms with E-state index in [2.05, 4.69) is 15.6 Å². The smallest absolute Gasteiger partial charge is 0.314 e. The number of fused-ring (bicyclic) bond motifs is 1. The molecule has 0 atom stereocenters. The first-order valence-corrected chi connectivity index (χ1v) is 8.07. The molecule has 2 rings (SSSR count). The Morgan fingerprint density at radius 3 is 3.11 bits per heavy atom. The second-order valence-corrected chi connectivity index (χ2v) is 6.54. The van der Waals surface area contributed by atoms with Crippen LogP contribution in [0.3, 0.4) is 0 Å². The van der Waals surface area contributed by atoms with Gasteiger partial charge in [-0.3, -0.25) is 0 Å². The van der Waals surface area contributed by atoms with Crippen LogP contribution in [0.4, 0.5) is 4.79 Å². The minimum atomic E-state index is -0.126. The summed E-state index contributed by atoms with van der Waals surface area (Å²) < 4.78 is 2.12. The average Bonchev–Trinajstić information content (AvgIpc) is 2.77. The summed E-state index contributed by atoms with van der Waals surface area (Å²) in [5.41, 5.74) is 0.927. The molecule has 0 fully saturated rings. The van der Waals surface area contributed by atoms with Crippen LogP contribution in [-0.4, -0.2) is 29.9 Å². The van der Waals surface area contributed by atoms with Crippen LogP contribution in [0, 0.1) is 0 Å². The molecule has 2 N–H and O–H groups in total. The highest BCUT2D eigenvalue weighted by atomic mass is 35.5. The number of nitrogens with one attached hydrogen (secondary N) is 2. The number of amides is 2. The summed E-state index contributed by atoms with van der Waals surface area (Å²) in [6.07, 6.45) is 0. The highest BCUT2D eigenvalue weighted by Gasteiger charge is 2.05. The number of hydrogen-bond acceptors (Lipinski definition) is 4. The Balaban J connectivity index is 1.83. The fourth-order valence-electron chi connectivity index (χ4n) is 1.47. The van der Waals surface area contributed by atoms with Crippen molar-refractivity contribution in [3.63, 3.8) is 0 Å². The van der Waals surface area contributed by atoms with E-state index in [1.807, 2.05) is 25.1 Å². The topological polar surface area (TPSA) is 54.0 Å². The predicted molar refractivity (Wildman–Crippen MR) is 82.4 cm³/mol. The second kappa shape index (κ2) is 6.98. The van der Waals surface area contributed by atoms with Crippen LogP contribution >= 0.6 is 34.7 Å². The van der Waals surface area contributed by atoms with Crippen LogP contribution in [0.1, 0.15) is 6.92 Å². The third-order valence-corrected chi connectivity index (χ3v) is 4.70. The van der Waals surface area contributed by atoms with E-state index in [1.165, 1.54) is 0 Å². The third-order valence-electron chi connectivity index (χ3n) is 2.28. The van der Waals surface area contributed by atoms with Gasteiger partial charge in [0.2, 0.25) is 0 Å². The zero-order chi connectivity index (χ0) is 13.7. The van der Waals surface area contributed by atoms with E-state index in [0.29, 0.717) is 18.1 Å². The molecule has 102 valence electrons. The molecule has 4 nitrogen and oxygen atoms in total. The number of hydrogen-bond donors (Lipinski definition) is 2. The summed E-state index contributed by atoms with van der Waals surface area (Å²) in [5, 5.41) is 6.17. The molecule has 19 heavy (non-hydrogen) atoms. The lowest BCUT2D eigenvalue weighted by Gasteiger charge is -2.03. The molecule has 0 saturated carbocycles. The maximum Gasteiger partial charge on any atom is 0.314 e. The van der Waals surface area contributed by atoms with Gasteiger partial charge in [0.25, 0.3) is 0 Å². The summed E-state index contributed by atoms with van der Waals surface area (Å²) >= 11 is 9.20. The van der Waals surface area contributed by atoms with Gasteiger partial charge >= 0.3 is 6.03 Å². The highest BCUT2D eigenvalue weighted by Crippen LogP contribution is 2.30. The van der Waals surface area contributed by atoms with Gasteiger partial charge in [-0.15, -0.1) is 11.3 Å². The first-order valence-electron chi connectivity index (χ1n) is 5.89. The van der Waals surface area contributed by atoms with Crippen molar-refractivity contribution in [2.24, 2.45) is 0 Å². The van der Waals surface area contributed by atoms with Gasteiger partial charge in [0, 0.05) is 23.9 Å². The number of thioether (sulfide) groups is 1. The number of thiazole rings is 1. The first kappa shape index (κ1) is 14.4. The second-order valence-electron chi connectivity index (χ2n) is 3.73. The van der Waals surface area contributed by atoms with Crippen molar-refractivity contribution >= 4 is 50.9 Å². The normalized spacial score (nSPS) is 10.6. The van der Waals surface area contributed by atoms with Gasteiger partial charge in [0.05, 0.1) is 10.2 Å². The van der Waals surface area contributed by atoms with Crippen molar-refractivity contribution in [2.45, 2.75) is 11.3 Å². The number of rotatable bonds is 5. The third kappa shape index (κ3) is 4.26. The Labute approximate surface area is 124 Å². The minimum absolute atomic E-state index is 0.126. The first-order chi connectivity index (χ1) is 9.19. The quantitative estimate of drug-likeness (QED) is 0.657. The molecule has 1 heterocycles. The van der Waals surface area contributed by atoms with Crippen LogP contribution in [0.5, 0.6) is 0 Å². The molecular weight excluding hydrogens is 302 g/mol. The molecule has 0 saturated heterocycles. The lowest BCUT2D eigenvalue weighted by molar-refractivity contribution is 0.242. The van der Waals surface area contributed by atoms with Crippen LogP contribution in [0.2, 0.25) is 5.02 Å². The Morgan fingerprint density at radius 2 is 2.32 bits per heavy atom. The Hall–Kier alpha value is -0.980. The van der Waals surface area contributed by atoms with Gasteiger partial charge in [-0.1, -0.05) is 23.4 Å². The van der Waals surface area contributed by atoms with Crippen LogP contribution < -0.4 is 10.6 Å². The van der Waals surface area contributed by atoms with Crippen molar-refractivity contribution in [2.75, 3.05) is 18.8 Å². The summed E-state index contributed by atoms with van der Waals surface area (Å²) in [6, 6.07) is 5.59. The van der Waals surface area contributed by atoms with Crippen molar-refractivity contribution in [3.05, 3.63) is 23.2 Å². The molecule has 2 aromatic rings. The number of carbonyl (C=O) groups excluding carboxylic acids is 1. The molecular formula is C12H14ClN3OS2. The monoisotopic (exact) mass is 315 g/mol. The van der Waals surface area contributed by atoms with Gasteiger partial charge in [-0.2, -0.15) is 0 Å². The van der Waals surface area contributed by atoms with Crippen LogP contribution in [0.15, 0.2) is 22.5 Å². The summed E-state index contributed by atoms with van der Waals surface area (Å²) in [5.74, 6) is 0.796. The molecule has 0 aliphatic rings. The van der Waals surface area contributed by atoms with Crippen molar-refractivity contribution < 1.29 is 4.79 Å². The van der Waals surface area contributed by atoms with Gasteiger partial charge in [0.1, 0.15) is 0 Å². The summed E-state index contributed by atoms with van der Waals surface area (Å²) in [7, 11) is 0. The Morgan fingerprint density at radius 1 is 1.47 bits per heavy atom. The van der Waals surface area contributed by atoms with Gasteiger partial charge in [-0.25, -0.2) is 9.78 Å².